The lowest BCUT2D eigenvalue weighted by atomic mass is 9.89. The Kier molecular flexibility index (Phi) is 6.15. The summed E-state index contributed by atoms with van der Waals surface area (Å²) < 4.78 is 0. The van der Waals surface area contributed by atoms with Gasteiger partial charge < -0.3 is 5.73 Å². The Labute approximate surface area is 120 Å². The fourth-order valence-electron chi connectivity index (χ4n) is 4.26. The summed E-state index contributed by atoms with van der Waals surface area (Å²) in [5.41, 5.74) is 6.25. The lowest BCUT2D eigenvalue weighted by molar-refractivity contribution is 0.0970. The summed E-state index contributed by atoms with van der Waals surface area (Å²) in [7, 11) is 0. The summed E-state index contributed by atoms with van der Waals surface area (Å²) in [6.07, 6.45) is 12.6. The highest BCUT2D eigenvalue weighted by atomic mass is 15.2. The molecule has 112 valence electrons. The Balaban J connectivity index is 1.84. The van der Waals surface area contributed by atoms with Crippen LogP contribution in [0.15, 0.2) is 0 Å². The van der Waals surface area contributed by atoms with Crippen LogP contribution in [0, 0.1) is 11.8 Å². The molecule has 1 aliphatic heterocycles. The minimum atomic E-state index is 0.458. The normalized spacial score (nSPS) is 38.1. The highest BCUT2D eigenvalue weighted by Gasteiger charge is 2.30. The Morgan fingerprint density at radius 2 is 1.89 bits per heavy atom. The van der Waals surface area contributed by atoms with Crippen molar-refractivity contribution in [3.8, 4) is 0 Å². The summed E-state index contributed by atoms with van der Waals surface area (Å²) in [5.74, 6) is 1.76. The molecule has 2 rings (SSSR count). The van der Waals surface area contributed by atoms with Gasteiger partial charge in [-0.15, -0.1) is 0 Å². The first-order valence-electron chi connectivity index (χ1n) is 8.74. The Bertz CT molecular complexity index is 254. The van der Waals surface area contributed by atoms with Crippen LogP contribution in [-0.4, -0.2) is 30.1 Å². The predicted molar refractivity (Wildman–Crippen MR) is 83.2 cm³/mol. The van der Waals surface area contributed by atoms with Crippen molar-refractivity contribution in [2.75, 3.05) is 13.1 Å². The SMILES string of the molecule is CCCC1CCCC(N2CCC(N)C(CC)C2)CC1. The second-order valence-corrected chi connectivity index (χ2v) is 6.93. The van der Waals surface area contributed by atoms with E-state index in [1.807, 2.05) is 0 Å². The molecule has 2 fully saturated rings. The number of rotatable bonds is 4. The Morgan fingerprint density at radius 1 is 1.05 bits per heavy atom. The molecule has 2 aliphatic rings. The van der Waals surface area contributed by atoms with Crippen LogP contribution in [0.1, 0.15) is 71.6 Å². The van der Waals surface area contributed by atoms with E-state index in [1.165, 1.54) is 70.9 Å². The lowest BCUT2D eigenvalue weighted by Crippen LogP contribution is -2.50. The van der Waals surface area contributed by atoms with Gasteiger partial charge in [-0.3, -0.25) is 4.90 Å². The van der Waals surface area contributed by atoms with Gasteiger partial charge in [-0.1, -0.05) is 46.0 Å². The van der Waals surface area contributed by atoms with Gasteiger partial charge in [-0.2, -0.15) is 0 Å². The van der Waals surface area contributed by atoms with Crippen LogP contribution >= 0.6 is 0 Å². The first kappa shape index (κ1) is 15.3. The number of piperidine rings is 1. The van der Waals surface area contributed by atoms with E-state index in [1.54, 1.807) is 0 Å². The summed E-state index contributed by atoms with van der Waals surface area (Å²) in [4.78, 5) is 2.78. The van der Waals surface area contributed by atoms with E-state index in [9.17, 15) is 0 Å². The first-order valence-corrected chi connectivity index (χ1v) is 8.74. The molecule has 0 aromatic carbocycles. The molecule has 19 heavy (non-hydrogen) atoms. The molecule has 0 aromatic rings. The number of hydrogen-bond donors (Lipinski definition) is 1. The molecule has 1 saturated carbocycles. The smallest absolute Gasteiger partial charge is 0.00954 e. The first-order chi connectivity index (χ1) is 9.24. The number of nitrogens with zero attached hydrogens (tertiary/aromatic N) is 1. The fourth-order valence-corrected chi connectivity index (χ4v) is 4.26. The highest BCUT2D eigenvalue weighted by molar-refractivity contribution is 4.87. The Hall–Kier alpha value is -0.0800. The van der Waals surface area contributed by atoms with Crippen molar-refractivity contribution in [2.45, 2.75) is 83.7 Å². The summed E-state index contributed by atoms with van der Waals surface area (Å²) in [6.45, 7) is 7.15. The molecule has 4 atom stereocenters. The second-order valence-electron chi connectivity index (χ2n) is 6.93. The monoisotopic (exact) mass is 266 g/mol. The zero-order valence-corrected chi connectivity index (χ0v) is 13.1. The average molecular weight is 266 g/mol. The van der Waals surface area contributed by atoms with E-state index in [-0.39, 0.29) is 0 Å². The predicted octanol–water partition coefficient (Wildman–Crippen LogP) is 3.79. The van der Waals surface area contributed by atoms with E-state index in [4.69, 9.17) is 5.73 Å². The van der Waals surface area contributed by atoms with Gasteiger partial charge in [0.05, 0.1) is 0 Å². The second kappa shape index (κ2) is 7.64. The zero-order valence-electron chi connectivity index (χ0n) is 13.1. The van der Waals surface area contributed by atoms with Crippen molar-refractivity contribution in [1.29, 1.82) is 0 Å². The van der Waals surface area contributed by atoms with Crippen LogP contribution in [0.3, 0.4) is 0 Å². The highest BCUT2D eigenvalue weighted by Crippen LogP contribution is 2.31. The van der Waals surface area contributed by atoms with Gasteiger partial charge in [0.25, 0.3) is 0 Å². The molecule has 0 radical (unpaired) electrons. The molecule has 4 unspecified atom stereocenters. The van der Waals surface area contributed by atoms with Gasteiger partial charge >= 0.3 is 0 Å². The molecule has 0 spiro atoms. The Morgan fingerprint density at radius 3 is 2.63 bits per heavy atom. The van der Waals surface area contributed by atoms with E-state index in [2.05, 4.69) is 18.7 Å². The van der Waals surface area contributed by atoms with Crippen molar-refractivity contribution in [3.05, 3.63) is 0 Å². The zero-order chi connectivity index (χ0) is 13.7. The van der Waals surface area contributed by atoms with Crippen LogP contribution in [0.5, 0.6) is 0 Å². The van der Waals surface area contributed by atoms with Crippen molar-refractivity contribution in [2.24, 2.45) is 17.6 Å². The van der Waals surface area contributed by atoms with Gasteiger partial charge in [-0.25, -0.2) is 0 Å². The van der Waals surface area contributed by atoms with Gasteiger partial charge in [0.1, 0.15) is 0 Å². The summed E-state index contributed by atoms with van der Waals surface area (Å²) >= 11 is 0. The maximum Gasteiger partial charge on any atom is 0.00954 e. The van der Waals surface area contributed by atoms with Crippen LogP contribution < -0.4 is 5.73 Å². The largest absolute Gasteiger partial charge is 0.327 e. The van der Waals surface area contributed by atoms with E-state index in [0.29, 0.717) is 6.04 Å². The van der Waals surface area contributed by atoms with Crippen molar-refractivity contribution >= 4 is 0 Å². The number of likely N-dealkylation sites (tertiary alicyclic amines) is 1. The van der Waals surface area contributed by atoms with Crippen LogP contribution in [0.4, 0.5) is 0 Å². The van der Waals surface area contributed by atoms with E-state index >= 15 is 0 Å². The van der Waals surface area contributed by atoms with E-state index in [0.717, 1.165) is 17.9 Å². The molecule has 1 heterocycles. The molecule has 0 bridgehead atoms. The summed E-state index contributed by atoms with van der Waals surface area (Å²) in [5, 5.41) is 0. The van der Waals surface area contributed by atoms with Crippen molar-refractivity contribution in [1.82, 2.24) is 4.90 Å². The molecule has 2 nitrogen and oxygen atoms in total. The van der Waals surface area contributed by atoms with Gasteiger partial charge in [-0.05, 0) is 44.1 Å². The fraction of sp³-hybridized carbons (Fsp3) is 1.00. The standard InChI is InChI=1S/C17H34N2/c1-3-6-14-7-5-8-16(10-9-14)19-12-11-17(18)15(4-2)13-19/h14-17H,3-13,18H2,1-2H3. The third-order valence-electron chi connectivity index (χ3n) is 5.62. The van der Waals surface area contributed by atoms with Crippen molar-refractivity contribution in [3.63, 3.8) is 0 Å². The van der Waals surface area contributed by atoms with Gasteiger partial charge in [0, 0.05) is 18.6 Å². The van der Waals surface area contributed by atoms with Crippen LogP contribution in [-0.2, 0) is 0 Å². The van der Waals surface area contributed by atoms with E-state index < -0.39 is 0 Å². The average Bonchev–Trinajstić information content (AvgIpc) is 2.66. The molecule has 0 amide bonds. The quantitative estimate of drug-likeness (QED) is 0.784. The topological polar surface area (TPSA) is 29.3 Å². The van der Waals surface area contributed by atoms with Gasteiger partial charge in [0.15, 0.2) is 0 Å². The minimum absolute atomic E-state index is 0.458. The maximum atomic E-state index is 6.25. The third kappa shape index (κ3) is 4.19. The molecule has 1 saturated heterocycles. The lowest BCUT2D eigenvalue weighted by Gasteiger charge is -2.41. The van der Waals surface area contributed by atoms with Crippen LogP contribution in [0.25, 0.3) is 0 Å². The number of nitrogens with two attached hydrogens (primary N) is 1. The minimum Gasteiger partial charge on any atom is -0.327 e. The molecule has 2 N–H and O–H groups in total. The van der Waals surface area contributed by atoms with Crippen LogP contribution in [0.2, 0.25) is 0 Å². The molecular weight excluding hydrogens is 232 g/mol. The van der Waals surface area contributed by atoms with Gasteiger partial charge in [0.2, 0.25) is 0 Å². The van der Waals surface area contributed by atoms with Crippen molar-refractivity contribution < 1.29 is 0 Å². The number of hydrogen-bond acceptors (Lipinski definition) is 2. The maximum absolute atomic E-state index is 6.25. The summed E-state index contributed by atoms with van der Waals surface area (Å²) in [6, 6.07) is 1.32. The third-order valence-corrected chi connectivity index (χ3v) is 5.62. The molecular formula is C17H34N2. The molecule has 2 heteroatoms. The molecule has 1 aliphatic carbocycles. The molecule has 0 aromatic heterocycles.